The zero-order valence-electron chi connectivity index (χ0n) is 27.5. The van der Waals surface area contributed by atoms with Crippen LogP contribution in [0.3, 0.4) is 0 Å². The highest BCUT2D eigenvalue weighted by Crippen LogP contribution is 2.42. The fourth-order valence-electron chi connectivity index (χ4n) is 5.87. The third-order valence-corrected chi connectivity index (χ3v) is 10.8. The number of carbonyl (C=O) groups excluding carboxylic acids is 3. The average Bonchev–Trinajstić information content (AvgIpc) is 3.79. The van der Waals surface area contributed by atoms with E-state index in [1.807, 2.05) is 0 Å². The number of carboxylic acid groups (broad SMARTS) is 1. The lowest BCUT2D eigenvalue weighted by Gasteiger charge is -2.49. The van der Waals surface area contributed by atoms with E-state index in [9.17, 15) is 34.2 Å². The van der Waals surface area contributed by atoms with Gasteiger partial charge in [0.1, 0.15) is 34.6 Å². The number of hydrogen-bond donors (Lipinski definition) is 6. The molecule has 0 spiro atoms. The first kappa shape index (κ1) is 35.1. The van der Waals surface area contributed by atoms with Crippen molar-refractivity contribution < 1.29 is 38.9 Å². The highest BCUT2D eigenvalue weighted by Gasteiger charge is 2.55. The number of aromatic amines is 1. The first-order chi connectivity index (χ1) is 25.5. The molecule has 3 aliphatic rings. The van der Waals surface area contributed by atoms with Gasteiger partial charge in [-0.05, 0) is 51.4 Å². The van der Waals surface area contributed by atoms with E-state index in [-0.39, 0.29) is 53.5 Å². The number of fused-ring (bicyclic) bond motifs is 2. The molecular formula is C31H29N11O9S2. The number of amides is 4. The number of hydrogen-bond acceptors (Lipinski definition) is 15. The average molecular weight is 764 g/mol. The van der Waals surface area contributed by atoms with Crippen LogP contribution in [0.1, 0.15) is 17.2 Å². The quantitative estimate of drug-likeness (QED) is 0.0847. The Morgan fingerprint density at radius 1 is 1.17 bits per heavy atom. The standard InChI is InChI=1S/C31H29N11O9S2/c1-40-31(37-38-39-40)53-12-16-11-52-27-21(26(46)42(27)23(16)28(47)48)35-25(45)22(15-3-5-17(43)6-4-15)41(29(32)49)18-10-34-30(36-24(18)44)33-9-14-2-7-19-20(8-14)51-13-50-19/h2-8,10,21-22,27,43H,9,11-13H2,1H3,(H2,32,49)(H,35,45)(H,47,48)(H2,33,34,36,44)/t21?,22?,27-/m0/s1. The summed E-state index contributed by atoms with van der Waals surface area (Å²) in [6.45, 7) is 0.353. The maximum Gasteiger partial charge on any atom is 0.352 e. The number of aliphatic carboxylic acids is 1. The summed E-state index contributed by atoms with van der Waals surface area (Å²) in [7, 11) is 1.64. The fraction of sp³-hybridized carbons (Fsp3) is 0.258. The number of aryl methyl sites for hydroxylation is 1. The fourth-order valence-corrected chi connectivity index (χ4v) is 8.20. The summed E-state index contributed by atoms with van der Waals surface area (Å²) in [5.41, 5.74) is 5.77. The molecule has 0 bridgehead atoms. The highest BCUT2D eigenvalue weighted by atomic mass is 32.2. The van der Waals surface area contributed by atoms with Crippen molar-refractivity contribution in [2.45, 2.75) is 29.2 Å². The number of urea groups is 1. The highest BCUT2D eigenvalue weighted by molar-refractivity contribution is 8.01. The Labute approximate surface area is 306 Å². The van der Waals surface area contributed by atoms with Gasteiger partial charge in [-0.3, -0.25) is 29.2 Å². The number of thioether (sulfide) groups is 2. The van der Waals surface area contributed by atoms with Gasteiger partial charge in [-0.2, -0.15) is 0 Å². The number of H-pyrrole nitrogens is 1. The Morgan fingerprint density at radius 2 is 1.94 bits per heavy atom. The van der Waals surface area contributed by atoms with Crippen LogP contribution in [-0.2, 0) is 28.0 Å². The molecule has 3 atom stereocenters. The first-order valence-corrected chi connectivity index (χ1v) is 17.7. The van der Waals surface area contributed by atoms with Crippen molar-refractivity contribution in [2.75, 3.05) is 28.5 Å². The number of aromatic nitrogens is 6. The summed E-state index contributed by atoms with van der Waals surface area (Å²) in [5, 5.41) is 36.5. The number of benzene rings is 2. The van der Waals surface area contributed by atoms with Crippen LogP contribution in [0, 0.1) is 0 Å². The van der Waals surface area contributed by atoms with Crippen LogP contribution in [-0.4, -0.2) is 98.8 Å². The molecule has 0 radical (unpaired) electrons. The summed E-state index contributed by atoms with van der Waals surface area (Å²) < 4.78 is 12.2. The number of carboxylic acids is 1. The van der Waals surface area contributed by atoms with E-state index in [1.165, 1.54) is 52.5 Å². The van der Waals surface area contributed by atoms with Crippen LogP contribution in [0.25, 0.3) is 0 Å². The molecule has 7 rings (SSSR count). The topological polar surface area (TPSA) is 273 Å². The van der Waals surface area contributed by atoms with E-state index in [0.717, 1.165) is 21.6 Å². The lowest BCUT2D eigenvalue weighted by Crippen LogP contribution is -2.71. The summed E-state index contributed by atoms with van der Waals surface area (Å²) in [5.74, 6) is -1.40. The largest absolute Gasteiger partial charge is 0.508 e. The van der Waals surface area contributed by atoms with Crippen LogP contribution in [0.15, 0.2) is 69.9 Å². The summed E-state index contributed by atoms with van der Waals surface area (Å²) >= 11 is 2.45. The van der Waals surface area contributed by atoms with Gasteiger partial charge >= 0.3 is 12.0 Å². The second kappa shape index (κ2) is 14.4. The van der Waals surface area contributed by atoms with Gasteiger partial charge in [0.2, 0.25) is 23.8 Å². The van der Waals surface area contributed by atoms with Crippen molar-refractivity contribution in [3.8, 4) is 17.2 Å². The Hall–Kier alpha value is -6.29. The molecule has 22 heteroatoms. The molecule has 20 nitrogen and oxygen atoms in total. The molecular weight excluding hydrogens is 735 g/mol. The number of β-lactam (4-membered cyclic amide) rings is 1. The summed E-state index contributed by atoms with van der Waals surface area (Å²) in [6, 6.07) is 6.56. The molecule has 4 amide bonds. The predicted octanol–water partition coefficient (Wildman–Crippen LogP) is 0.497. The zero-order chi connectivity index (χ0) is 37.4. The smallest absolute Gasteiger partial charge is 0.352 e. The second-order valence-electron chi connectivity index (χ2n) is 11.7. The number of anilines is 2. The number of nitrogens with zero attached hydrogens (tertiary/aromatic N) is 7. The van der Waals surface area contributed by atoms with Gasteiger partial charge in [0.15, 0.2) is 11.5 Å². The van der Waals surface area contributed by atoms with Crippen molar-refractivity contribution in [3.05, 3.63) is 81.4 Å². The van der Waals surface area contributed by atoms with Gasteiger partial charge in [0.25, 0.3) is 11.5 Å². The van der Waals surface area contributed by atoms with Gasteiger partial charge in [-0.25, -0.2) is 19.3 Å². The van der Waals surface area contributed by atoms with Gasteiger partial charge < -0.3 is 36.1 Å². The third kappa shape index (κ3) is 6.87. The van der Waals surface area contributed by atoms with Crippen LogP contribution in [0.2, 0.25) is 0 Å². The van der Waals surface area contributed by atoms with Crippen molar-refractivity contribution in [3.63, 3.8) is 0 Å². The number of nitrogens with two attached hydrogens (primary N) is 1. The van der Waals surface area contributed by atoms with E-state index in [4.69, 9.17) is 15.2 Å². The molecule has 274 valence electrons. The Bertz CT molecular complexity index is 2210. The van der Waals surface area contributed by atoms with Crippen LogP contribution >= 0.6 is 23.5 Å². The van der Waals surface area contributed by atoms with E-state index in [0.29, 0.717) is 22.2 Å². The Kier molecular flexibility index (Phi) is 9.53. The maximum atomic E-state index is 14.1. The van der Waals surface area contributed by atoms with Gasteiger partial charge in [0.05, 0.1) is 6.20 Å². The number of carbonyl (C=O) groups is 4. The van der Waals surface area contributed by atoms with Crippen LogP contribution in [0.4, 0.5) is 16.4 Å². The number of aromatic hydroxyl groups is 1. The molecule has 2 unspecified atom stereocenters. The molecule has 2 aromatic heterocycles. The minimum Gasteiger partial charge on any atom is -0.508 e. The molecule has 5 heterocycles. The Morgan fingerprint density at radius 3 is 2.64 bits per heavy atom. The molecule has 1 saturated heterocycles. The molecule has 3 aliphatic heterocycles. The lowest BCUT2D eigenvalue weighted by molar-refractivity contribution is -0.150. The van der Waals surface area contributed by atoms with Gasteiger partial charge in [0, 0.05) is 25.1 Å². The first-order valence-electron chi connectivity index (χ1n) is 15.6. The summed E-state index contributed by atoms with van der Waals surface area (Å²) in [6.07, 6.45) is 1.07. The zero-order valence-corrected chi connectivity index (χ0v) is 29.1. The molecule has 0 aliphatic carbocycles. The lowest BCUT2D eigenvalue weighted by atomic mass is 10.00. The van der Waals surface area contributed by atoms with Crippen molar-refractivity contribution in [2.24, 2.45) is 12.8 Å². The van der Waals surface area contributed by atoms with Crippen LogP contribution < -0.4 is 36.3 Å². The number of primary amides is 1. The number of phenols is 1. The van der Waals surface area contributed by atoms with Crippen molar-refractivity contribution >= 4 is 59.0 Å². The second-order valence-corrected chi connectivity index (χ2v) is 13.8. The van der Waals surface area contributed by atoms with Crippen LogP contribution in [0.5, 0.6) is 17.2 Å². The number of ether oxygens (including phenoxy) is 2. The molecule has 4 aromatic rings. The molecule has 7 N–H and O–H groups in total. The molecule has 1 fully saturated rings. The van der Waals surface area contributed by atoms with Crippen molar-refractivity contribution in [1.82, 2.24) is 40.4 Å². The monoisotopic (exact) mass is 763 g/mol. The van der Waals surface area contributed by atoms with Gasteiger partial charge in [-0.15, -0.1) is 16.9 Å². The minimum absolute atomic E-state index is 0.0502. The normalized spacial score (nSPS) is 17.8. The SMILES string of the molecule is Cn1nnnc1SCC1=C(C(=O)O)N2C(=O)C(NC(=O)C(c3ccc(O)cc3)N(C(N)=O)c3cnc(NCc4ccc5c(c4)OCO5)[nH]c3=O)[C@@H]2SC1. The van der Waals surface area contributed by atoms with E-state index >= 15 is 0 Å². The van der Waals surface area contributed by atoms with E-state index in [2.05, 4.69) is 36.1 Å². The Balaban J connectivity index is 1.11. The third-order valence-electron chi connectivity index (χ3n) is 8.39. The van der Waals surface area contributed by atoms with Gasteiger partial charge in [-0.1, -0.05) is 30.0 Å². The number of tetrazole rings is 1. The number of nitrogens with one attached hydrogen (secondary N) is 3. The molecule has 53 heavy (non-hydrogen) atoms. The van der Waals surface area contributed by atoms with E-state index < -0.39 is 46.8 Å². The number of phenolic OH excluding ortho intramolecular Hbond substituents is 1. The number of rotatable bonds is 12. The molecule has 0 saturated carbocycles. The minimum atomic E-state index is -1.62. The maximum absolute atomic E-state index is 14.1. The predicted molar refractivity (Wildman–Crippen MR) is 187 cm³/mol. The summed E-state index contributed by atoms with van der Waals surface area (Å²) in [4.78, 5) is 75.1. The molecule has 2 aromatic carbocycles. The van der Waals surface area contributed by atoms with E-state index in [1.54, 1.807) is 25.2 Å². The van der Waals surface area contributed by atoms with Crippen molar-refractivity contribution in [1.29, 1.82) is 0 Å².